The van der Waals surface area contributed by atoms with Crippen LogP contribution in [0, 0.1) is 0 Å². The van der Waals surface area contributed by atoms with E-state index in [0.29, 0.717) is 13.0 Å². The van der Waals surface area contributed by atoms with Crippen molar-refractivity contribution in [2.45, 2.75) is 122 Å². The zero-order chi connectivity index (χ0) is 22.6. The minimum Gasteiger partial charge on any atom is -0.508 e. The molecule has 4 nitrogen and oxygen atoms in total. The summed E-state index contributed by atoms with van der Waals surface area (Å²) in [5, 5.41) is 18.9. The molecule has 0 radical (unpaired) electrons. The molecule has 0 spiro atoms. The Morgan fingerprint density at radius 1 is 0.677 bits per heavy atom. The van der Waals surface area contributed by atoms with Crippen molar-refractivity contribution in [3.63, 3.8) is 0 Å². The molecule has 1 rings (SSSR count). The first-order valence-corrected chi connectivity index (χ1v) is 12.8. The zero-order valence-corrected chi connectivity index (χ0v) is 19.9. The second-order valence-corrected chi connectivity index (χ2v) is 8.88. The number of benzene rings is 1. The first-order valence-electron chi connectivity index (χ1n) is 12.8. The Labute approximate surface area is 190 Å². The van der Waals surface area contributed by atoms with E-state index in [1.807, 2.05) is 0 Å². The molecular weight excluding hydrogens is 388 g/mol. The maximum Gasteiger partial charge on any atom is 0.306 e. The van der Waals surface area contributed by atoms with Gasteiger partial charge in [0, 0.05) is 12.5 Å². The SMILES string of the molecule is CCCCCCCCCCCCCCCCCCOC(=O)CCc1cc(O)cc(O)c1. The molecule has 1 aromatic carbocycles. The van der Waals surface area contributed by atoms with Crippen molar-refractivity contribution >= 4 is 5.97 Å². The van der Waals surface area contributed by atoms with Crippen LogP contribution in [-0.2, 0) is 16.0 Å². The molecular formula is C27H46O4. The van der Waals surface area contributed by atoms with E-state index in [2.05, 4.69) is 6.92 Å². The molecule has 0 aliphatic rings. The molecule has 0 amide bonds. The van der Waals surface area contributed by atoms with Gasteiger partial charge in [0.25, 0.3) is 0 Å². The zero-order valence-electron chi connectivity index (χ0n) is 19.9. The number of esters is 1. The van der Waals surface area contributed by atoms with Crippen molar-refractivity contribution in [1.82, 2.24) is 0 Å². The van der Waals surface area contributed by atoms with Gasteiger partial charge in [-0.15, -0.1) is 0 Å². The summed E-state index contributed by atoms with van der Waals surface area (Å²) in [6.07, 6.45) is 22.0. The van der Waals surface area contributed by atoms with E-state index >= 15 is 0 Å². The lowest BCUT2D eigenvalue weighted by molar-refractivity contribution is -0.143. The van der Waals surface area contributed by atoms with E-state index in [0.717, 1.165) is 18.4 Å². The summed E-state index contributed by atoms with van der Waals surface area (Å²) in [5.41, 5.74) is 0.733. The lowest BCUT2D eigenvalue weighted by atomic mass is 10.0. The quantitative estimate of drug-likeness (QED) is 0.162. The number of hydrogen-bond donors (Lipinski definition) is 2. The highest BCUT2D eigenvalue weighted by atomic mass is 16.5. The number of aryl methyl sites for hydroxylation is 1. The molecule has 178 valence electrons. The van der Waals surface area contributed by atoms with Crippen LogP contribution in [0.4, 0.5) is 0 Å². The molecule has 0 atom stereocenters. The van der Waals surface area contributed by atoms with Crippen molar-refractivity contribution in [2.75, 3.05) is 6.61 Å². The van der Waals surface area contributed by atoms with Gasteiger partial charge in [0.05, 0.1) is 6.61 Å². The normalized spacial score (nSPS) is 11.0. The molecule has 0 heterocycles. The van der Waals surface area contributed by atoms with Crippen molar-refractivity contribution < 1.29 is 19.7 Å². The van der Waals surface area contributed by atoms with Crippen LogP contribution in [-0.4, -0.2) is 22.8 Å². The maximum absolute atomic E-state index is 11.8. The van der Waals surface area contributed by atoms with E-state index in [1.54, 1.807) is 12.1 Å². The van der Waals surface area contributed by atoms with Crippen molar-refractivity contribution in [3.8, 4) is 11.5 Å². The minimum absolute atomic E-state index is 0.0107. The van der Waals surface area contributed by atoms with Gasteiger partial charge in [-0.1, -0.05) is 103 Å². The monoisotopic (exact) mass is 434 g/mol. The van der Waals surface area contributed by atoms with Crippen LogP contribution in [0.25, 0.3) is 0 Å². The summed E-state index contributed by atoms with van der Waals surface area (Å²) in [6, 6.07) is 4.39. The lowest BCUT2D eigenvalue weighted by Crippen LogP contribution is -2.07. The Morgan fingerprint density at radius 3 is 1.55 bits per heavy atom. The van der Waals surface area contributed by atoms with Crippen LogP contribution in [0.5, 0.6) is 11.5 Å². The molecule has 4 heteroatoms. The third-order valence-corrected chi connectivity index (χ3v) is 5.84. The van der Waals surface area contributed by atoms with Crippen molar-refractivity contribution in [3.05, 3.63) is 23.8 Å². The van der Waals surface area contributed by atoms with Gasteiger partial charge in [-0.2, -0.15) is 0 Å². The van der Waals surface area contributed by atoms with Gasteiger partial charge in [-0.3, -0.25) is 4.79 Å². The van der Waals surface area contributed by atoms with Gasteiger partial charge < -0.3 is 14.9 Å². The number of hydrogen-bond acceptors (Lipinski definition) is 4. The smallest absolute Gasteiger partial charge is 0.306 e. The number of unbranched alkanes of at least 4 members (excludes halogenated alkanes) is 15. The minimum atomic E-state index is -0.219. The Bertz CT molecular complexity index is 550. The van der Waals surface area contributed by atoms with Gasteiger partial charge in [-0.25, -0.2) is 0 Å². The molecule has 0 fully saturated rings. The Morgan fingerprint density at radius 2 is 1.10 bits per heavy atom. The summed E-state index contributed by atoms with van der Waals surface area (Å²) >= 11 is 0. The van der Waals surface area contributed by atoms with E-state index in [-0.39, 0.29) is 23.9 Å². The highest BCUT2D eigenvalue weighted by Crippen LogP contribution is 2.21. The predicted molar refractivity (Wildman–Crippen MR) is 129 cm³/mol. The summed E-state index contributed by atoms with van der Waals surface area (Å²) in [6.45, 7) is 2.76. The molecule has 1 aromatic rings. The second-order valence-electron chi connectivity index (χ2n) is 8.88. The molecule has 0 aliphatic heterocycles. The largest absolute Gasteiger partial charge is 0.508 e. The molecule has 0 saturated heterocycles. The number of carbonyl (C=O) groups excluding carboxylic acids is 1. The third-order valence-electron chi connectivity index (χ3n) is 5.84. The number of rotatable bonds is 20. The van der Waals surface area contributed by atoms with Gasteiger partial charge in [0.1, 0.15) is 11.5 Å². The number of ether oxygens (including phenoxy) is 1. The van der Waals surface area contributed by atoms with Gasteiger partial charge in [0.15, 0.2) is 0 Å². The fourth-order valence-corrected chi connectivity index (χ4v) is 3.96. The summed E-state index contributed by atoms with van der Waals surface area (Å²) < 4.78 is 5.28. The Balaban J connectivity index is 1.81. The standard InChI is InChI=1S/C27H46O4/c1-2-3-4-5-6-7-8-9-10-11-12-13-14-15-16-17-20-31-27(30)19-18-24-21-25(28)23-26(29)22-24/h21-23,28-29H,2-20H2,1H3. The van der Waals surface area contributed by atoms with Gasteiger partial charge in [0.2, 0.25) is 0 Å². The van der Waals surface area contributed by atoms with Crippen LogP contribution < -0.4 is 0 Å². The molecule has 2 N–H and O–H groups in total. The van der Waals surface area contributed by atoms with Crippen LogP contribution in [0.3, 0.4) is 0 Å². The van der Waals surface area contributed by atoms with E-state index in [4.69, 9.17) is 4.74 Å². The fourth-order valence-electron chi connectivity index (χ4n) is 3.96. The van der Waals surface area contributed by atoms with Crippen molar-refractivity contribution in [2.24, 2.45) is 0 Å². The summed E-state index contributed by atoms with van der Waals surface area (Å²) in [7, 11) is 0. The highest BCUT2D eigenvalue weighted by Gasteiger charge is 2.06. The van der Waals surface area contributed by atoms with Gasteiger partial charge >= 0.3 is 5.97 Å². The predicted octanol–water partition coefficient (Wildman–Crippen LogP) is 7.84. The van der Waals surface area contributed by atoms with E-state index in [9.17, 15) is 15.0 Å². The van der Waals surface area contributed by atoms with E-state index in [1.165, 1.54) is 96.0 Å². The number of phenolic OH excluding ortho intramolecular Hbond substituents is 2. The fraction of sp³-hybridized carbons (Fsp3) is 0.741. The number of aromatic hydroxyl groups is 2. The third kappa shape index (κ3) is 16.6. The van der Waals surface area contributed by atoms with Crippen LogP contribution >= 0.6 is 0 Å². The average Bonchev–Trinajstić information content (AvgIpc) is 2.74. The van der Waals surface area contributed by atoms with Crippen LogP contribution in [0.15, 0.2) is 18.2 Å². The molecule has 0 unspecified atom stereocenters. The van der Waals surface area contributed by atoms with Crippen molar-refractivity contribution in [1.29, 1.82) is 0 Å². The number of phenols is 2. The average molecular weight is 435 g/mol. The Hall–Kier alpha value is -1.71. The second kappa shape index (κ2) is 19.0. The highest BCUT2D eigenvalue weighted by molar-refractivity contribution is 5.69. The topological polar surface area (TPSA) is 66.8 Å². The molecule has 31 heavy (non-hydrogen) atoms. The molecule has 0 bridgehead atoms. The molecule has 0 saturated carbocycles. The first kappa shape index (κ1) is 27.3. The Kier molecular flexibility index (Phi) is 16.8. The van der Waals surface area contributed by atoms with Gasteiger partial charge in [-0.05, 0) is 30.5 Å². The summed E-state index contributed by atoms with van der Waals surface area (Å²) in [4.78, 5) is 11.8. The van der Waals surface area contributed by atoms with Crippen LogP contribution in [0.2, 0.25) is 0 Å². The van der Waals surface area contributed by atoms with E-state index < -0.39 is 0 Å². The summed E-state index contributed by atoms with van der Waals surface area (Å²) in [5.74, 6) is -0.197. The van der Waals surface area contributed by atoms with Crippen LogP contribution in [0.1, 0.15) is 122 Å². The molecule has 0 aliphatic carbocycles. The maximum atomic E-state index is 11.8. The first-order chi connectivity index (χ1) is 15.1. The number of carbonyl (C=O) groups is 1. The molecule has 0 aromatic heterocycles. The lowest BCUT2D eigenvalue weighted by Gasteiger charge is -2.06.